The number of rotatable bonds is 2. The number of anilines is 1. The molecule has 0 aromatic carbocycles. The largest absolute Gasteiger partial charge is 0.397 e. The van der Waals surface area contributed by atoms with Crippen molar-refractivity contribution in [3.63, 3.8) is 0 Å². The molecule has 0 bridgehead atoms. The van der Waals surface area contributed by atoms with Crippen LogP contribution in [-0.2, 0) is 10.0 Å². The zero-order valence-electron chi connectivity index (χ0n) is 8.26. The van der Waals surface area contributed by atoms with Gasteiger partial charge in [0.05, 0.1) is 5.69 Å². The highest BCUT2D eigenvalue weighted by atomic mass is 32.2. The zero-order chi connectivity index (χ0) is 10.9. The van der Waals surface area contributed by atoms with Crippen LogP contribution in [0.15, 0.2) is 23.4 Å². The first-order chi connectivity index (χ1) is 7.10. The van der Waals surface area contributed by atoms with Crippen LogP contribution in [0, 0.1) is 0 Å². The summed E-state index contributed by atoms with van der Waals surface area (Å²) in [5.74, 6) is 0. The third-order valence-electron chi connectivity index (χ3n) is 2.44. The Morgan fingerprint density at radius 3 is 2.53 bits per heavy atom. The van der Waals surface area contributed by atoms with Crippen molar-refractivity contribution in [2.45, 2.75) is 17.7 Å². The topological polar surface area (TPSA) is 76.3 Å². The maximum atomic E-state index is 12.0. The second kappa shape index (κ2) is 3.79. The first-order valence-corrected chi connectivity index (χ1v) is 6.25. The molecule has 2 rings (SSSR count). The predicted molar refractivity (Wildman–Crippen MR) is 56.6 cm³/mol. The number of sulfonamides is 1. The molecule has 15 heavy (non-hydrogen) atoms. The zero-order valence-corrected chi connectivity index (χ0v) is 9.07. The summed E-state index contributed by atoms with van der Waals surface area (Å²) in [6, 6.07) is 1.45. The molecule has 0 saturated carbocycles. The van der Waals surface area contributed by atoms with Crippen molar-refractivity contribution in [3.8, 4) is 0 Å². The van der Waals surface area contributed by atoms with Gasteiger partial charge < -0.3 is 5.73 Å². The van der Waals surface area contributed by atoms with E-state index in [0.29, 0.717) is 18.8 Å². The lowest BCUT2D eigenvalue weighted by Crippen LogP contribution is -2.28. The molecule has 0 spiro atoms. The van der Waals surface area contributed by atoms with E-state index >= 15 is 0 Å². The van der Waals surface area contributed by atoms with Gasteiger partial charge in [0.25, 0.3) is 0 Å². The molecule has 1 saturated heterocycles. The first-order valence-electron chi connectivity index (χ1n) is 4.81. The fourth-order valence-electron chi connectivity index (χ4n) is 1.65. The predicted octanol–water partition coefficient (Wildman–Crippen LogP) is 0.448. The Morgan fingerprint density at radius 1 is 1.27 bits per heavy atom. The second-order valence-corrected chi connectivity index (χ2v) is 5.50. The van der Waals surface area contributed by atoms with Gasteiger partial charge in [-0.25, -0.2) is 8.42 Å². The molecule has 0 radical (unpaired) electrons. The quantitative estimate of drug-likeness (QED) is 0.795. The van der Waals surface area contributed by atoms with Crippen molar-refractivity contribution in [1.29, 1.82) is 0 Å². The van der Waals surface area contributed by atoms with Gasteiger partial charge >= 0.3 is 0 Å². The van der Waals surface area contributed by atoms with E-state index in [-0.39, 0.29) is 4.90 Å². The monoisotopic (exact) mass is 227 g/mol. The summed E-state index contributed by atoms with van der Waals surface area (Å²) >= 11 is 0. The van der Waals surface area contributed by atoms with Crippen LogP contribution in [0.1, 0.15) is 12.8 Å². The van der Waals surface area contributed by atoms with Crippen LogP contribution < -0.4 is 5.73 Å². The third-order valence-corrected chi connectivity index (χ3v) is 4.30. The number of hydrogen-bond acceptors (Lipinski definition) is 4. The van der Waals surface area contributed by atoms with Crippen molar-refractivity contribution in [2.24, 2.45) is 0 Å². The Kier molecular flexibility index (Phi) is 2.62. The molecule has 82 valence electrons. The molecule has 1 fully saturated rings. The Labute approximate surface area is 89.0 Å². The average molecular weight is 227 g/mol. The molecule has 0 aliphatic carbocycles. The maximum Gasteiger partial charge on any atom is 0.244 e. The minimum Gasteiger partial charge on any atom is -0.397 e. The molecular formula is C9H13N3O2S. The molecule has 1 aromatic heterocycles. The summed E-state index contributed by atoms with van der Waals surface area (Å²) in [5, 5.41) is 0. The van der Waals surface area contributed by atoms with Gasteiger partial charge in [0.15, 0.2) is 0 Å². The van der Waals surface area contributed by atoms with Gasteiger partial charge in [-0.05, 0) is 18.9 Å². The van der Waals surface area contributed by atoms with E-state index in [9.17, 15) is 8.42 Å². The molecule has 1 aliphatic heterocycles. The molecule has 1 aliphatic rings. The average Bonchev–Trinajstić information content (AvgIpc) is 2.71. The van der Waals surface area contributed by atoms with Gasteiger partial charge in [0.1, 0.15) is 4.90 Å². The summed E-state index contributed by atoms with van der Waals surface area (Å²) in [6.45, 7) is 1.19. The molecule has 1 aromatic rings. The minimum absolute atomic E-state index is 0.185. The lowest BCUT2D eigenvalue weighted by atomic mass is 10.4. The summed E-state index contributed by atoms with van der Waals surface area (Å²) < 4.78 is 25.5. The van der Waals surface area contributed by atoms with E-state index in [1.165, 1.54) is 22.8 Å². The number of pyridine rings is 1. The second-order valence-electron chi connectivity index (χ2n) is 3.57. The fourth-order valence-corrected chi connectivity index (χ4v) is 3.17. The lowest BCUT2D eigenvalue weighted by Gasteiger charge is -2.15. The molecule has 5 nitrogen and oxygen atoms in total. The highest BCUT2D eigenvalue weighted by Crippen LogP contribution is 2.20. The van der Waals surface area contributed by atoms with Crippen LogP contribution in [0.2, 0.25) is 0 Å². The van der Waals surface area contributed by atoms with Crippen molar-refractivity contribution < 1.29 is 8.42 Å². The van der Waals surface area contributed by atoms with Crippen molar-refractivity contribution in [1.82, 2.24) is 9.29 Å². The smallest absolute Gasteiger partial charge is 0.244 e. The van der Waals surface area contributed by atoms with Crippen LogP contribution in [-0.4, -0.2) is 30.8 Å². The van der Waals surface area contributed by atoms with Gasteiger partial charge in [-0.15, -0.1) is 0 Å². The molecule has 0 amide bonds. The van der Waals surface area contributed by atoms with E-state index in [1.54, 1.807) is 0 Å². The van der Waals surface area contributed by atoms with E-state index in [4.69, 9.17) is 5.73 Å². The first kappa shape index (κ1) is 10.4. The SMILES string of the molecule is Nc1cncc(S(=O)(=O)N2CCCC2)c1. The Balaban J connectivity index is 2.36. The van der Waals surface area contributed by atoms with Gasteiger partial charge in [-0.2, -0.15) is 4.31 Å². The number of nitrogens with two attached hydrogens (primary N) is 1. The van der Waals surface area contributed by atoms with Crippen LogP contribution in [0.4, 0.5) is 5.69 Å². The van der Waals surface area contributed by atoms with Gasteiger partial charge in [0, 0.05) is 25.5 Å². The van der Waals surface area contributed by atoms with Crippen LogP contribution in [0.3, 0.4) is 0 Å². The summed E-state index contributed by atoms with van der Waals surface area (Å²) in [7, 11) is -3.37. The minimum atomic E-state index is -3.37. The normalized spacial score (nSPS) is 18.1. The van der Waals surface area contributed by atoms with Crippen LogP contribution >= 0.6 is 0 Å². The molecular weight excluding hydrogens is 214 g/mol. The third kappa shape index (κ3) is 1.95. The number of hydrogen-bond donors (Lipinski definition) is 1. The van der Waals surface area contributed by atoms with Crippen LogP contribution in [0.25, 0.3) is 0 Å². The molecule has 0 unspecified atom stereocenters. The van der Waals surface area contributed by atoms with E-state index in [2.05, 4.69) is 4.98 Å². The lowest BCUT2D eigenvalue weighted by molar-refractivity contribution is 0.477. The van der Waals surface area contributed by atoms with Gasteiger partial charge in [0.2, 0.25) is 10.0 Å². The van der Waals surface area contributed by atoms with Crippen molar-refractivity contribution in [2.75, 3.05) is 18.8 Å². The summed E-state index contributed by atoms with van der Waals surface area (Å²) in [6.07, 6.45) is 4.62. The van der Waals surface area contributed by atoms with Crippen LogP contribution in [0.5, 0.6) is 0 Å². The maximum absolute atomic E-state index is 12.0. The number of nitrogens with zero attached hydrogens (tertiary/aromatic N) is 2. The van der Waals surface area contributed by atoms with Crippen molar-refractivity contribution >= 4 is 15.7 Å². The Hall–Kier alpha value is -1.14. The molecule has 6 heteroatoms. The Bertz CT molecular complexity index is 452. The summed E-state index contributed by atoms with van der Waals surface area (Å²) in [5.41, 5.74) is 5.88. The molecule has 2 heterocycles. The molecule has 2 N–H and O–H groups in total. The number of aromatic nitrogens is 1. The van der Waals surface area contributed by atoms with Crippen molar-refractivity contribution in [3.05, 3.63) is 18.5 Å². The highest BCUT2D eigenvalue weighted by Gasteiger charge is 2.27. The van der Waals surface area contributed by atoms with Gasteiger partial charge in [-0.3, -0.25) is 4.98 Å². The Morgan fingerprint density at radius 2 is 1.93 bits per heavy atom. The van der Waals surface area contributed by atoms with E-state index in [0.717, 1.165) is 12.8 Å². The molecule has 0 atom stereocenters. The van der Waals surface area contributed by atoms with Gasteiger partial charge in [-0.1, -0.05) is 0 Å². The van der Waals surface area contributed by atoms with E-state index in [1.807, 2.05) is 0 Å². The highest BCUT2D eigenvalue weighted by molar-refractivity contribution is 7.89. The number of nitrogen functional groups attached to an aromatic ring is 1. The summed E-state index contributed by atoms with van der Waals surface area (Å²) in [4.78, 5) is 3.98. The fraction of sp³-hybridized carbons (Fsp3) is 0.444. The van der Waals surface area contributed by atoms with E-state index < -0.39 is 10.0 Å². The standard InChI is InChI=1S/C9H13N3O2S/c10-8-5-9(7-11-6-8)15(13,14)12-3-1-2-4-12/h5-7H,1-4,10H2.